The zero-order valence-corrected chi connectivity index (χ0v) is 9.18. The fourth-order valence-corrected chi connectivity index (χ4v) is 1.83. The van der Waals surface area contributed by atoms with Crippen LogP contribution < -0.4 is 10.6 Å². The summed E-state index contributed by atoms with van der Waals surface area (Å²) in [5.74, 6) is 0. The molecule has 0 bridgehead atoms. The monoisotopic (exact) mass is 234 g/mol. The Bertz CT molecular complexity index is 456. The van der Waals surface area contributed by atoms with Crippen LogP contribution in [0.2, 0.25) is 0 Å². The molecule has 6 heteroatoms. The molecule has 1 unspecified atom stereocenters. The second-order valence-electron chi connectivity index (χ2n) is 3.73. The summed E-state index contributed by atoms with van der Waals surface area (Å²) in [7, 11) is 0. The van der Waals surface area contributed by atoms with Gasteiger partial charge in [0.25, 0.3) is 0 Å². The van der Waals surface area contributed by atoms with Gasteiger partial charge in [-0.15, -0.1) is 0 Å². The number of benzene rings is 1. The van der Waals surface area contributed by atoms with Crippen LogP contribution in [0.4, 0.5) is 4.79 Å². The van der Waals surface area contributed by atoms with Gasteiger partial charge in [0.05, 0.1) is 11.7 Å². The fourth-order valence-electron chi connectivity index (χ4n) is 1.83. The number of carbonyl (C=O) groups is 1. The van der Waals surface area contributed by atoms with Crippen LogP contribution in [0.15, 0.2) is 41.7 Å². The molecule has 1 aliphatic heterocycles. The van der Waals surface area contributed by atoms with E-state index in [0.29, 0.717) is 5.70 Å². The number of rotatable bonds is 2. The largest absolute Gasteiger partial charge is 0.734 e. The van der Waals surface area contributed by atoms with Crippen LogP contribution in [0, 0.1) is 5.21 Å². The zero-order chi connectivity index (χ0) is 12.4. The van der Waals surface area contributed by atoms with Gasteiger partial charge in [0.15, 0.2) is 0 Å². The molecule has 3 N–H and O–H groups in total. The second kappa shape index (κ2) is 4.44. The highest BCUT2D eigenvalue weighted by molar-refractivity contribution is 5.78. The Balaban J connectivity index is 2.44. The van der Waals surface area contributed by atoms with E-state index in [9.17, 15) is 10.0 Å². The molecule has 1 aromatic carbocycles. The molecule has 0 radical (unpaired) electrons. The molecule has 1 heterocycles. The van der Waals surface area contributed by atoms with E-state index in [0.717, 1.165) is 5.56 Å². The van der Waals surface area contributed by atoms with Gasteiger partial charge in [0, 0.05) is 5.70 Å². The van der Waals surface area contributed by atoms with Gasteiger partial charge < -0.3 is 21.1 Å². The first-order chi connectivity index (χ1) is 8.09. The number of amides is 2. The van der Waals surface area contributed by atoms with E-state index in [1.54, 1.807) is 31.2 Å². The summed E-state index contributed by atoms with van der Waals surface area (Å²) in [5, 5.41) is 25.0. The lowest BCUT2D eigenvalue weighted by Gasteiger charge is -2.36. The van der Waals surface area contributed by atoms with Gasteiger partial charge in [-0.2, -0.15) is 0 Å². The van der Waals surface area contributed by atoms with Crippen LogP contribution in [-0.4, -0.2) is 16.5 Å². The van der Waals surface area contributed by atoms with Crippen molar-refractivity contribution < 1.29 is 10.0 Å². The van der Waals surface area contributed by atoms with Crippen molar-refractivity contribution in [1.29, 1.82) is 0 Å². The summed E-state index contributed by atoms with van der Waals surface area (Å²) in [6.07, 6.45) is 0. The van der Waals surface area contributed by atoms with Crippen LogP contribution in [0.25, 0.3) is 0 Å². The summed E-state index contributed by atoms with van der Waals surface area (Å²) in [6.45, 7) is 1.56. The molecule has 1 aliphatic rings. The first kappa shape index (κ1) is 11.4. The maximum atomic E-state index is 11.4. The maximum Gasteiger partial charge on any atom is 0.319 e. The Hall–Kier alpha value is -2.05. The number of nitrogens with one attached hydrogen (secondary N) is 2. The Morgan fingerprint density at radius 1 is 1.35 bits per heavy atom. The lowest BCUT2D eigenvalue weighted by Crippen LogP contribution is -2.46. The molecule has 6 nitrogen and oxygen atoms in total. The SMILES string of the molecule is CC1=C(N([O-])O)C(c2ccccc2)NC(=O)N1. The molecule has 0 aliphatic carbocycles. The van der Waals surface area contributed by atoms with E-state index in [-0.39, 0.29) is 10.9 Å². The van der Waals surface area contributed by atoms with Crippen molar-refractivity contribution in [2.75, 3.05) is 0 Å². The first-order valence-electron chi connectivity index (χ1n) is 5.09. The lowest BCUT2D eigenvalue weighted by molar-refractivity contribution is -0.0139. The van der Waals surface area contributed by atoms with Gasteiger partial charge in [-0.3, -0.25) is 5.21 Å². The molecule has 0 spiro atoms. The van der Waals surface area contributed by atoms with Crippen LogP contribution in [0.3, 0.4) is 0 Å². The van der Waals surface area contributed by atoms with E-state index in [2.05, 4.69) is 10.6 Å². The first-order valence-corrected chi connectivity index (χ1v) is 5.09. The van der Waals surface area contributed by atoms with E-state index < -0.39 is 12.1 Å². The lowest BCUT2D eigenvalue weighted by atomic mass is 10.0. The van der Waals surface area contributed by atoms with Gasteiger partial charge in [-0.1, -0.05) is 30.3 Å². The molecule has 0 aromatic heterocycles. The third-order valence-electron chi connectivity index (χ3n) is 2.57. The van der Waals surface area contributed by atoms with Crippen LogP contribution >= 0.6 is 0 Å². The fraction of sp³-hybridized carbons (Fsp3) is 0.182. The van der Waals surface area contributed by atoms with Gasteiger partial charge >= 0.3 is 6.03 Å². The molecule has 17 heavy (non-hydrogen) atoms. The molecule has 1 atom stereocenters. The second-order valence-corrected chi connectivity index (χ2v) is 3.73. The highest BCUT2D eigenvalue weighted by atomic mass is 16.8. The minimum absolute atomic E-state index is 0.0794. The summed E-state index contributed by atoms with van der Waals surface area (Å²) in [4.78, 5) is 11.4. The molecular formula is C11H12N3O3-. The van der Waals surface area contributed by atoms with Crippen LogP contribution in [0.1, 0.15) is 18.5 Å². The molecule has 0 saturated heterocycles. The van der Waals surface area contributed by atoms with Gasteiger partial charge in [0.1, 0.15) is 0 Å². The molecule has 90 valence electrons. The third kappa shape index (κ3) is 2.22. The van der Waals surface area contributed by atoms with Crippen molar-refractivity contribution in [2.24, 2.45) is 0 Å². The quantitative estimate of drug-likeness (QED) is 0.676. The number of hydrogen-bond acceptors (Lipinski definition) is 4. The van der Waals surface area contributed by atoms with Gasteiger partial charge in [0.2, 0.25) is 0 Å². The van der Waals surface area contributed by atoms with Crippen molar-refractivity contribution in [3.05, 3.63) is 52.5 Å². The number of nitrogens with zero attached hydrogens (tertiary/aromatic N) is 1. The van der Waals surface area contributed by atoms with Crippen molar-refractivity contribution >= 4 is 6.03 Å². The topological polar surface area (TPSA) is 87.7 Å². The Morgan fingerprint density at radius 2 is 2.00 bits per heavy atom. The summed E-state index contributed by atoms with van der Waals surface area (Å²) in [6, 6.07) is 7.91. The van der Waals surface area contributed by atoms with Crippen LogP contribution in [-0.2, 0) is 0 Å². The smallest absolute Gasteiger partial charge is 0.319 e. The minimum atomic E-state index is -0.646. The Morgan fingerprint density at radius 3 is 2.59 bits per heavy atom. The van der Waals surface area contributed by atoms with E-state index in [1.807, 2.05) is 6.07 Å². The third-order valence-corrected chi connectivity index (χ3v) is 2.57. The number of carbonyl (C=O) groups excluding carboxylic acids is 1. The van der Waals surface area contributed by atoms with Crippen molar-refractivity contribution in [1.82, 2.24) is 15.9 Å². The van der Waals surface area contributed by atoms with Gasteiger partial charge in [-0.05, 0) is 12.5 Å². The average Bonchev–Trinajstić information content (AvgIpc) is 2.28. The number of hydroxylamine groups is 2. The van der Waals surface area contributed by atoms with E-state index in [4.69, 9.17) is 5.21 Å². The Kier molecular flexibility index (Phi) is 2.99. The number of allylic oxidation sites excluding steroid dienone is 1. The van der Waals surface area contributed by atoms with Crippen molar-refractivity contribution in [3.8, 4) is 0 Å². The molecule has 0 saturated carbocycles. The molecule has 2 amide bonds. The van der Waals surface area contributed by atoms with Crippen molar-refractivity contribution in [2.45, 2.75) is 13.0 Å². The van der Waals surface area contributed by atoms with Gasteiger partial charge in [-0.25, -0.2) is 4.79 Å². The zero-order valence-electron chi connectivity index (χ0n) is 9.18. The maximum absolute atomic E-state index is 11.4. The number of hydrogen-bond donors (Lipinski definition) is 3. The highest BCUT2D eigenvalue weighted by Crippen LogP contribution is 2.27. The summed E-state index contributed by atoms with van der Waals surface area (Å²) < 4.78 is 0. The molecule has 2 rings (SSSR count). The highest BCUT2D eigenvalue weighted by Gasteiger charge is 2.26. The average molecular weight is 234 g/mol. The predicted octanol–water partition coefficient (Wildman–Crippen LogP) is 1.46. The molecular weight excluding hydrogens is 222 g/mol. The van der Waals surface area contributed by atoms with E-state index in [1.165, 1.54) is 0 Å². The van der Waals surface area contributed by atoms with Crippen LogP contribution in [0.5, 0.6) is 0 Å². The number of urea groups is 1. The molecule has 0 fully saturated rings. The summed E-state index contributed by atoms with van der Waals surface area (Å²) >= 11 is 0. The predicted molar refractivity (Wildman–Crippen MR) is 60.5 cm³/mol. The summed E-state index contributed by atoms with van der Waals surface area (Å²) in [5.41, 5.74) is 1.14. The Labute approximate surface area is 98.1 Å². The van der Waals surface area contributed by atoms with E-state index >= 15 is 0 Å². The normalized spacial score (nSPS) is 19.7. The molecule has 1 aromatic rings. The minimum Gasteiger partial charge on any atom is -0.734 e. The van der Waals surface area contributed by atoms with Crippen molar-refractivity contribution in [3.63, 3.8) is 0 Å². The standard InChI is InChI=1S/C11H12N3O3/c1-7-10(14(16)17)9(13-11(15)12-7)8-5-3-2-4-6-8/h2-6,9,16H,1H3,(H2,12,13,15)/q-1.